The van der Waals surface area contributed by atoms with Crippen LogP contribution in [0.2, 0.25) is 0 Å². The number of alkyl halides is 3. The van der Waals surface area contributed by atoms with E-state index in [1.54, 1.807) is 21.0 Å². The van der Waals surface area contributed by atoms with Crippen molar-refractivity contribution < 1.29 is 31.3 Å². The van der Waals surface area contributed by atoms with Gasteiger partial charge in [-0.3, -0.25) is 4.79 Å². The lowest BCUT2D eigenvalue weighted by molar-refractivity contribution is -0.917. The number of piperazine rings is 1. The fourth-order valence-electron chi connectivity index (χ4n) is 2.97. The first-order valence-corrected chi connectivity index (χ1v) is 9.61. The summed E-state index contributed by atoms with van der Waals surface area (Å²) in [5.74, 6) is -0.0287. The van der Waals surface area contributed by atoms with E-state index in [-0.39, 0.29) is 29.9 Å². The van der Waals surface area contributed by atoms with Gasteiger partial charge < -0.3 is 9.80 Å². The minimum Gasteiger partial charge on any atom is -0.344 e. The van der Waals surface area contributed by atoms with Gasteiger partial charge in [0.1, 0.15) is 0 Å². The molecule has 1 aromatic rings. The summed E-state index contributed by atoms with van der Waals surface area (Å²) >= 11 is 0. The molecule has 1 aromatic carbocycles. The molecule has 1 N–H and O–H groups in total. The highest BCUT2D eigenvalue weighted by Crippen LogP contribution is 2.30. The van der Waals surface area contributed by atoms with Gasteiger partial charge in [0, 0.05) is 14.1 Å². The van der Waals surface area contributed by atoms with Crippen molar-refractivity contribution in [3.8, 4) is 0 Å². The monoisotopic (exact) mass is 394 g/mol. The minimum absolute atomic E-state index is 0.0287. The fraction of sp³-hybridized carbons (Fsp3) is 0.562. The lowest BCUT2D eigenvalue weighted by Crippen LogP contribution is -3.19. The Morgan fingerprint density at radius 2 is 1.65 bits per heavy atom. The van der Waals surface area contributed by atoms with Gasteiger partial charge in [0.2, 0.25) is 10.0 Å². The number of benzene rings is 1. The Kier molecular flexibility index (Phi) is 5.99. The number of rotatable bonds is 4. The van der Waals surface area contributed by atoms with Crippen molar-refractivity contribution in [3.63, 3.8) is 0 Å². The van der Waals surface area contributed by atoms with Crippen LogP contribution in [0, 0.1) is 0 Å². The summed E-state index contributed by atoms with van der Waals surface area (Å²) in [6.07, 6.45) is -4.51. The Morgan fingerprint density at radius 3 is 2.08 bits per heavy atom. The number of hydrogen-bond acceptors (Lipinski definition) is 3. The van der Waals surface area contributed by atoms with Crippen LogP contribution in [0.3, 0.4) is 0 Å². The van der Waals surface area contributed by atoms with E-state index in [1.165, 1.54) is 9.21 Å². The van der Waals surface area contributed by atoms with E-state index in [4.69, 9.17) is 0 Å². The molecule has 6 nitrogen and oxygen atoms in total. The van der Waals surface area contributed by atoms with Gasteiger partial charge in [0.25, 0.3) is 5.91 Å². The van der Waals surface area contributed by atoms with Gasteiger partial charge in [-0.1, -0.05) is 0 Å². The lowest BCUT2D eigenvalue weighted by atomic mass is 10.2. The van der Waals surface area contributed by atoms with Crippen molar-refractivity contribution in [3.05, 3.63) is 29.8 Å². The van der Waals surface area contributed by atoms with Crippen LogP contribution in [-0.2, 0) is 21.0 Å². The lowest BCUT2D eigenvalue weighted by Gasteiger charge is -2.34. The van der Waals surface area contributed by atoms with E-state index in [0.29, 0.717) is 13.1 Å². The summed E-state index contributed by atoms with van der Waals surface area (Å²) in [6, 6.07) is 3.23. The molecule has 0 aliphatic carbocycles. The average molecular weight is 394 g/mol. The standard InChI is InChI=1S/C16H22F3N3O3S/c1-12(15(23)20(2)3)21-8-10-22(11-9-21)26(24,25)14-6-4-13(5-7-14)16(17,18)19/h4-7,12H,8-11H2,1-3H3/p+1/t12-/m1/s1. The number of likely N-dealkylation sites (N-methyl/N-ethyl adjacent to an activating group) is 1. The third-order valence-electron chi connectivity index (χ3n) is 4.61. The molecule has 146 valence electrons. The van der Waals surface area contributed by atoms with Crippen molar-refractivity contribution in [2.45, 2.75) is 24.0 Å². The second-order valence-electron chi connectivity index (χ2n) is 6.54. The molecule has 0 unspecified atom stereocenters. The summed E-state index contributed by atoms with van der Waals surface area (Å²) in [5.41, 5.74) is -0.887. The maximum Gasteiger partial charge on any atom is 0.416 e. The third kappa shape index (κ3) is 4.36. The number of sulfonamides is 1. The van der Waals surface area contributed by atoms with Crippen LogP contribution in [-0.4, -0.2) is 69.8 Å². The molecule has 1 atom stereocenters. The molecule has 0 saturated carbocycles. The second kappa shape index (κ2) is 7.53. The van der Waals surface area contributed by atoms with Crippen molar-refractivity contribution in [1.82, 2.24) is 9.21 Å². The maximum atomic E-state index is 12.6. The van der Waals surface area contributed by atoms with Gasteiger partial charge >= 0.3 is 6.18 Å². The molecule has 1 amide bonds. The Bertz CT molecular complexity index is 740. The Balaban J connectivity index is 2.07. The normalized spacial score (nSPS) is 18.5. The first-order chi connectivity index (χ1) is 11.9. The zero-order valence-electron chi connectivity index (χ0n) is 14.9. The summed E-state index contributed by atoms with van der Waals surface area (Å²) in [7, 11) is -0.512. The van der Waals surface area contributed by atoms with Crippen molar-refractivity contribution >= 4 is 15.9 Å². The first-order valence-electron chi connectivity index (χ1n) is 8.17. The molecule has 0 spiro atoms. The SMILES string of the molecule is C[C@H](C(=O)N(C)C)[NH+]1CCN(S(=O)(=O)c2ccc(C(F)(F)F)cc2)CC1. The van der Waals surface area contributed by atoms with Crippen LogP contribution in [0.5, 0.6) is 0 Å². The van der Waals surface area contributed by atoms with Crippen LogP contribution in [0.1, 0.15) is 12.5 Å². The number of carbonyl (C=O) groups is 1. The summed E-state index contributed by atoms with van der Waals surface area (Å²) in [4.78, 5) is 14.4. The Labute approximate surface area is 151 Å². The minimum atomic E-state index is -4.51. The topological polar surface area (TPSA) is 62.1 Å². The summed E-state index contributed by atoms with van der Waals surface area (Å²) in [5, 5.41) is 0. The Morgan fingerprint density at radius 1 is 1.15 bits per heavy atom. The molecule has 0 radical (unpaired) electrons. The van der Waals surface area contributed by atoms with Gasteiger partial charge in [-0.25, -0.2) is 8.42 Å². The van der Waals surface area contributed by atoms with Crippen LogP contribution >= 0.6 is 0 Å². The molecule has 1 heterocycles. The molecule has 1 aliphatic rings. The third-order valence-corrected chi connectivity index (χ3v) is 6.52. The van der Waals surface area contributed by atoms with E-state index in [9.17, 15) is 26.4 Å². The van der Waals surface area contributed by atoms with Crippen molar-refractivity contribution in [2.24, 2.45) is 0 Å². The molecular weight excluding hydrogens is 371 g/mol. The summed E-state index contributed by atoms with van der Waals surface area (Å²) < 4.78 is 64.4. The number of carbonyl (C=O) groups excluding carboxylic acids is 1. The van der Waals surface area contributed by atoms with E-state index in [0.717, 1.165) is 29.2 Å². The van der Waals surface area contributed by atoms with Crippen molar-refractivity contribution in [2.75, 3.05) is 40.3 Å². The molecule has 26 heavy (non-hydrogen) atoms. The second-order valence-corrected chi connectivity index (χ2v) is 8.48. The number of amides is 1. The largest absolute Gasteiger partial charge is 0.416 e. The number of nitrogens with one attached hydrogen (secondary N) is 1. The predicted molar refractivity (Wildman–Crippen MR) is 89.1 cm³/mol. The molecule has 1 aliphatic heterocycles. The molecular formula is C16H23F3N3O3S+. The van der Waals surface area contributed by atoms with Gasteiger partial charge in [0.15, 0.2) is 6.04 Å². The highest BCUT2D eigenvalue weighted by molar-refractivity contribution is 7.89. The van der Waals surface area contributed by atoms with E-state index in [1.807, 2.05) is 0 Å². The van der Waals surface area contributed by atoms with Gasteiger partial charge in [-0.2, -0.15) is 17.5 Å². The highest BCUT2D eigenvalue weighted by Gasteiger charge is 2.35. The van der Waals surface area contributed by atoms with E-state index in [2.05, 4.69) is 0 Å². The zero-order chi connectivity index (χ0) is 19.7. The molecule has 2 rings (SSSR count). The molecule has 0 aromatic heterocycles. The average Bonchev–Trinajstić information content (AvgIpc) is 2.59. The first kappa shape index (κ1) is 20.7. The van der Waals surface area contributed by atoms with Crippen LogP contribution < -0.4 is 4.90 Å². The van der Waals surface area contributed by atoms with Gasteiger partial charge in [-0.15, -0.1) is 0 Å². The van der Waals surface area contributed by atoms with Gasteiger partial charge in [-0.05, 0) is 31.2 Å². The Hall–Kier alpha value is -1.65. The molecule has 10 heteroatoms. The fourth-order valence-corrected chi connectivity index (χ4v) is 4.42. The molecule has 0 bridgehead atoms. The smallest absolute Gasteiger partial charge is 0.344 e. The number of halogens is 3. The zero-order valence-corrected chi connectivity index (χ0v) is 15.7. The van der Waals surface area contributed by atoms with Crippen LogP contribution in [0.15, 0.2) is 29.2 Å². The number of hydrogen-bond donors (Lipinski definition) is 1. The van der Waals surface area contributed by atoms with Crippen molar-refractivity contribution in [1.29, 1.82) is 0 Å². The van der Waals surface area contributed by atoms with Crippen LogP contribution in [0.4, 0.5) is 13.2 Å². The van der Waals surface area contributed by atoms with E-state index >= 15 is 0 Å². The summed E-state index contributed by atoms with van der Waals surface area (Å²) in [6.45, 7) is 3.15. The maximum absolute atomic E-state index is 12.6. The number of quaternary nitrogens is 1. The predicted octanol–water partition coefficient (Wildman–Crippen LogP) is 0.0713. The van der Waals surface area contributed by atoms with E-state index < -0.39 is 21.8 Å². The molecule has 1 fully saturated rings. The highest BCUT2D eigenvalue weighted by atomic mass is 32.2. The number of nitrogens with zero attached hydrogens (tertiary/aromatic N) is 2. The quantitative estimate of drug-likeness (QED) is 0.786. The van der Waals surface area contributed by atoms with Gasteiger partial charge in [0.05, 0.1) is 36.6 Å². The molecule has 1 saturated heterocycles. The van der Waals surface area contributed by atoms with Crippen LogP contribution in [0.25, 0.3) is 0 Å².